The molecular weight excluding hydrogens is 352 g/mol. The molecule has 1 unspecified atom stereocenters. The molecule has 2 N–H and O–H groups in total. The molecule has 25 heavy (non-hydrogen) atoms. The van der Waals surface area contributed by atoms with Crippen LogP contribution < -0.4 is 5.32 Å². The van der Waals surface area contributed by atoms with Gasteiger partial charge in [-0.1, -0.05) is 62.9 Å². The fraction of sp³-hybridized carbons (Fsp3) is 0.550. The zero-order valence-corrected chi connectivity index (χ0v) is 18.1. The molecule has 3 nitrogen and oxygen atoms in total. The SMILES string of the molecule is C/C=C/C(SC(/C=C\C(C)Cl)=C/CC)=C(/CCCO)NC=NC.CC. The maximum Gasteiger partial charge on any atom is 0.0862 e. The lowest BCUT2D eigenvalue weighted by molar-refractivity contribution is 0.288. The molecule has 0 aliphatic carbocycles. The predicted molar refractivity (Wildman–Crippen MR) is 117 cm³/mol. The third-order valence-corrected chi connectivity index (χ3v) is 4.01. The molecular formula is C20H35ClN2OS. The Bertz CT molecular complexity index is 466. The van der Waals surface area contributed by atoms with Gasteiger partial charge in [-0.15, -0.1) is 11.6 Å². The Labute approximate surface area is 164 Å². The van der Waals surface area contributed by atoms with Gasteiger partial charge in [0.25, 0.3) is 0 Å². The molecule has 0 aliphatic rings. The number of aliphatic hydroxyl groups excluding tert-OH is 1. The van der Waals surface area contributed by atoms with E-state index < -0.39 is 0 Å². The number of allylic oxidation sites excluding steroid dienone is 6. The Balaban J connectivity index is 0. The van der Waals surface area contributed by atoms with Crippen LogP contribution >= 0.6 is 23.4 Å². The van der Waals surface area contributed by atoms with Crippen LogP contribution in [-0.4, -0.2) is 30.5 Å². The van der Waals surface area contributed by atoms with Crippen molar-refractivity contribution in [1.29, 1.82) is 0 Å². The lowest BCUT2D eigenvalue weighted by atomic mass is 10.2. The fourth-order valence-electron chi connectivity index (χ4n) is 1.71. The van der Waals surface area contributed by atoms with Crippen LogP contribution in [0.25, 0.3) is 0 Å². The number of nitrogens with one attached hydrogen (secondary N) is 1. The molecule has 0 aromatic carbocycles. The van der Waals surface area contributed by atoms with Crippen molar-refractivity contribution in [3.05, 3.63) is 45.9 Å². The van der Waals surface area contributed by atoms with E-state index in [9.17, 15) is 0 Å². The van der Waals surface area contributed by atoms with Gasteiger partial charge in [-0.05, 0) is 33.1 Å². The van der Waals surface area contributed by atoms with Crippen molar-refractivity contribution < 1.29 is 5.11 Å². The van der Waals surface area contributed by atoms with E-state index in [1.54, 1.807) is 25.1 Å². The average molecular weight is 387 g/mol. The standard InChI is InChI=1S/C18H29ClN2OS.C2H6/c1-5-8-16(12-11-15(3)19)23-18(9-6-2)17(10-7-13-22)21-14-20-4;1-2/h6,8-9,11-12,14-15,22H,5,7,10,13H2,1-4H3,(H,20,21);1-2H3/b9-6+,12-11-,16-8+,18-17+;. The van der Waals surface area contributed by atoms with Gasteiger partial charge in [-0.3, -0.25) is 4.99 Å². The maximum atomic E-state index is 9.12. The van der Waals surface area contributed by atoms with Gasteiger partial charge in [0, 0.05) is 34.5 Å². The second-order valence-corrected chi connectivity index (χ2v) is 6.66. The first-order valence-corrected chi connectivity index (χ1v) is 10.2. The summed E-state index contributed by atoms with van der Waals surface area (Å²) in [4.78, 5) is 6.26. The van der Waals surface area contributed by atoms with Gasteiger partial charge < -0.3 is 10.4 Å². The molecule has 0 saturated carbocycles. The molecule has 0 aliphatic heterocycles. The van der Waals surface area contributed by atoms with E-state index in [0.717, 1.165) is 28.3 Å². The summed E-state index contributed by atoms with van der Waals surface area (Å²) in [6.45, 7) is 10.2. The molecule has 0 bridgehead atoms. The van der Waals surface area contributed by atoms with E-state index in [1.165, 1.54) is 0 Å². The number of alkyl halides is 1. The third kappa shape index (κ3) is 15.0. The second kappa shape index (κ2) is 19.4. The summed E-state index contributed by atoms with van der Waals surface area (Å²) in [5, 5.41) is 12.4. The summed E-state index contributed by atoms with van der Waals surface area (Å²) in [6.07, 6.45) is 14.4. The molecule has 5 heteroatoms. The highest BCUT2D eigenvalue weighted by Crippen LogP contribution is 2.31. The number of rotatable bonds is 11. The maximum absolute atomic E-state index is 9.12. The Morgan fingerprint density at radius 2 is 2.00 bits per heavy atom. The molecule has 0 aromatic heterocycles. The van der Waals surface area contributed by atoms with Crippen molar-refractivity contribution in [2.24, 2.45) is 4.99 Å². The van der Waals surface area contributed by atoms with Gasteiger partial charge >= 0.3 is 0 Å². The quantitative estimate of drug-likeness (QED) is 0.197. The van der Waals surface area contributed by atoms with Crippen LogP contribution in [0.15, 0.2) is 50.9 Å². The molecule has 0 spiro atoms. The lowest BCUT2D eigenvalue weighted by Gasteiger charge is -2.13. The molecule has 0 radical (unpaired) electrons. The number of hydrogen-bond donors (Lipinski definition) is 2. The summed E-state index contributed by atoms with van der Waals surface area (Å²) in [5.74, 6) is 0. The topological polar surface area (TPSA) is 44.6 Å². The summed E-state index contributed by atoms with van der Waals surface area (Å²) < 4.78 is 0. The average Bonchev–Trinajstić information content (AvgIpc) is 2.61. The van der Waals surface area contributed by atoms with Crippen molar-refractivity contribution in [1.82, 2.24) is 5.32 Å². The highest BCUT2D eigenvalue weighted by molar-refractivity contribution is 8.07. The molecule has 0 fully saturated rings. The van der Waals surface area contributed by atoms with Crippen LogP contribution in [0, 0.1) is 0 Å². The first kappa shape index (κ1) is 26.3. The van der Waals surface area contributed by atoms with Crippen LogP contribution in [0.5, 0.6) is 0 Å². The largest absolute Gasteiger partial charge is 0.396 e. The minimum absolute atomic E-state index is 0.00390. The minimum Gasteiger partial charge on any atom is -0.396 e. The molecule has 1 atom stereocenters. The minimum atomic E-state index is 0.00390. The number of nitrogens with zero attached hydrogens (tertiary/aromatic N) is 1. The van der Waals surface area contributed by atoms with Gasteiger partial charge in [-0.2, -0.15) is 0 Å². The molecule has 0 rings (SSSR count). The lowest BCUT2D eigenvalue weighted by Crippen LogP contribution is -2.13. The normalized spacial score (nSPS) is 14.6. The predicted octanol–water partition coefficient (Wildman–Crippen LogP) is 6.03. The van der Waals surface area contributed by atoms with Gasteiger partial charge in [0.15, 0.2) is 0 Å². The van der Waals surface area contributed by atoms with Crippen LogP contribution in [0.3, 0.4) is 0 Å². The Morgan fingerprint density at radius 3 is 2.48 bits per heavy atom. The summed E-state index contributed by atoms with van der Waals surface area (Å²) in [7, 11) is 1.73. The molecule has 0 saturated heterocycles. The van der Waals surface area contributed by atoms with Crippen LogP contribution in [0.1, 0.15) is 53.9 Å². The van der Waals surface area contributed by atoms with Crippen LogP contribution in [0.4, 0.5) is 0 Å². The van der Waals surface area contributed by atoms with E-state index in [1.807, 2.05) is 39.8 Å². The van der Waals surface area contributed by atoms with E-state index >= 15 is 0 Å². The Hall–Kier alpha value is -0.970. The second-order valence-electron chi connectivity index (χ2n) is 4.86. The van der Waals surface area contributed by atoms with Crippen molar-refractivity contribution in [3.8, 4) is 0 Å². The zero-order valence-electron chi connectivity index (χ0n) is 16.6. The molecule has 0 amide bonds. The first-order valence-electron chi connectivity index (χ1n) is 8.93. The van der Waals surface area contributed by atoms with E-state index in [2.05, 4.69) is 35.5 Å². The molecule has 0 aromatic rings. The first-order chi connectivity index (χ1) is 12.1. The van der Waals surface area contributed by atoms with Crippen molar-refractivity contribution in [2.45, 2.75) is 59.3 Å². The zero-order chi connectivity index (χ0) is 19.5. The van der Waals surface area contributed by atoms with Crippen LogP contribution in [-0.2, 0) is 0 Å². The van der Waals surface area contributed by atoms with Gasteiger partial charge in [0.2, 0.25) is 0 Å². The molecule has 144 valence electrons. The summed E-state index contributed by atoms with van der Waals surface area (Å²) in [5.41, 5.74) is 1.06. The van der Waals surface area contributed by atoms with Gasteiger partial charge in [0.05, 0.1) is 6.34 Å². The number of aliphatic hydroxyl groups is 1. The van der Waals surface area contributed by atoms with Crippen LogP contribution in [0.2, 0.25) is 0 Å². The highest BCUT2D eigenvalue weighted by atomic mass is 35.5. The van der Waals surface area contributed by atoms with Crippen molar-refractivity contribution >= 4 is 29.7 Å². The van der Waals surface area contributed by atoms with Gasteiger partial charge in [0.1, 0.15) is 0 Å². The third-order valence-electron chi connectivity index (χ3n) is 2.73. The van der Waals surface area contributed by atoms with Gasteiger partial charge in [-0.25, -0.2) is 0 Å². The molecule has 0 heterocycles. The summed E-state index contributed by atoms with van der Waals surface area (Å²) >= 11 is 7.71. The van der Waals surface area contributed by atoms with E-state index in [4.69, 9.17) is 16.7 Å². The number of hydrogen-bond acceptors (Lipinski definition) is 3. The monoisotopic (exact) mass is 386 g/mol. The van der Waals surface area contributed by atoms with E-state index in [-0.39, 0.29) is 12.0 Å². The smallest absolute Gasteiger partial charge is 0.0862 e. The van der Waals surface area contributed by atoms with Crippen molar-refractivity contribution in [2.75, 3.05) is 13.7 Å². The fourth-order valence-corrected chi connectivity index (χ4v) is 2.92. The number of aliphatic imine (C=N–C) groups is 1. The Morgan fingerprint density at radius 1 is 1.32 bits per heavy atom. The number of halogens is 1. The number of thioether (sulfide) groups is 1. The highest BCUT2D eigenvalue weighted by Gasteiger charge is 2.07. The van der Waals surface area contributed by atoms with Crippen molar-refractivity contribution in [3.63, 3.8) is 0 Å². The Kier molecular flexibility index (Phi) is 20.3. The van der Waals surface area contributed by atoms with E-state index in [0.29, 0.717) is 6.42 Å². The summed E-state index contributed by atoms with van der Waals surface area (Å²) in [6, 6.07) is 0.